The molecule has 0 aromatic carbocycles. The fourth-order valence-electron chi connectivity index (χ4n) is 2.49. The molecule has 0 rings (SSSR count). The van der Waals surface area contributed by atoms with E-state index < -0.39 is 11.6 Å². The van der Waals surface area contributed by atoms with E-state index in [1.54, 1.807) is 0 Å². The van der Waals surface area contributed by atoms with Crippen LogP contribution in [0.15, 0.2) is 0 Å². The van der Waals surface area contributed by atoms with Crippen LogP contribution in [0.5, 0.6) is 0 Å². The van der Waals surface area contributed by atoms with Gasteiger partial charge < -0.3 is 24.3 Å². The van der Waals surface area contributed by atoms with Gasteiger partial charge in [-0.1, -0.05) is 6.92 Å². The average Bonchev–Trinajstić information content (AvgIpc) is 2.16. The summed E-state index contributed by atoms with van der Waals surface area (Å²) in [4.78, 5) is 0. The molecule has 5 heteroatoms. The summed E-state index contributed by atoms with van der Waals surface area (Å²) in [6.45, 7) is 2.97. The molecular weight excluding hydrogens is 232 g/mol. The summed E-state index contributed by atoms with van der Waals surface area (Å²) in [5.74, 6) is 0. The van der Waals surface area contributed by atoms with E-state index in [9.17, 15) is 15.3 Å². The molecule has 0 spiro atoms. The molecule has 3 N–H and O–H groups in total. The summed E-state index contributed by atoms with van der Waals surface area (Å²) in [6, 6.07) is 0. The van der Waals surface area contributed by atoms with Gasteiger partial charge in [0.2, 0.25) is 0 Å². The molecule has 5 nitrogen and oxygen atoms in total. The highest BCUT2D eigenvalue weighted by Gasteiger charge is 2.44. The first-order valence-corrected chi connectivity index (χ1v) is 6.57. The maximum atomic E-state index is 10.2. The molecule has 0 aliphatic rings. The average molecular weight is 264 g/mol. The maximum Gasteiger partial charge on any atom is 0.152 e. The highest BCUT2D eigenvalue weighted by Crippen LogP contribution is 2.24. The van der Waals surface area contributed by atoms with Gasteiger partial charge in [0.15, 0.2) is 6.10 Å². The van der Waals surface area contributed by atoms with Crippen molar-refractivity contribution in [3.05, 3.63) is 0 Å². The predicted octanol–water partition coefficient (Wildman–Crippen LogP) is -0.737. The highest BCUT2D eigenvalue weighted by atomic mass is 16.3. The van der Waals surface area contributed by atoms with Crippen LogP contribution < -0.4 is 0 Å². The van der Waals surface area contributed by atoms with Gasteiger partial charge in [-0.3, -0.25) is 0 Å². The number of rotatable bonds is 8. The van der Waals surface area contributed by atoms with Gasteiger partial charge in [0.1, 0.15) is 31.8 Å². The molecule has 0 bridgehead atoms. The van der Waals surface area contributed by atoms with Crippen LogP contribution in [0.25, 0.3) is 0 Å². The van der Waals surface area contributed by atoms with Gasteiger partial charge in [-0.25, -0.2) is 0 Å². The molecule has 1 unspecified atom stereocenters. The molecular formula is C13H32N2O3+2. The third-order valence-corrected chi connectivity index (χ3v) is 3.96. The molecule has 110 valence electrons. The van der Waals surface area contributed by atoms with E-state index in [4.69, 9.17) is 0 Å². The van der Waals surface area contributed by atoms with Crippen molar-refractivity contribution < 1.29 is 24.3 Å². The third kappa shape index (κ3) is 4.48. The zero-order valence-electron chi connectivity index (χ0n) is 12.8. The van der Waals surface area contributed by atoms with Gasteiger partial charge in [-0.15, -0.1) is 0 Å². The summed E-state index contributed by atoms with van der Waals surface area (Å²) < 4.78 is 1.11. The van der Waals surface area contributed by atoms with Gasteiger partial charge >= 0.3 is 0 Å². The Bertz CT molecular complexity index is 237. The van der Waals surface area contributed by atoms with E-state index in [1.807, 2.05) is 42.2 Å². The molecule has 0 amide bonds. The standard InChI is InChI=1S/C13H32N2O3/c1-7-13(10-16,11-17)15(5,6)9-12(18)8-14(2,3)4/h12,16-18H,7-11H2,1-6H3/q+2. The Morgan fingerprint density at radius 3 is 1.67 bits per heavy atom. The summed E-state index contributed by atoms with van der Waals surface area (Å²) in [5, 5.41) is 29.4. The molecule has 0 saturated carbocycles. The Balaban J connectivity index is 4.82. The number of nitrogens with zero attached hydrogens (tertiary/aromatic N) is 2. The second-order valence-electron chi connectivity index (χ2n) is 6.89. The van der Waals surface area contributed by atoms with Gasteiger partial charge in [0, 0.05) is 6.42 Å². The van der Waals surface area contributed by atoms with Crippen molar-refractivity contribution in [1.29, 1.82) is 0 Å². The summed E-state index contributed by atoms with van der Waals surface area (Å²) in [5.41, 5.74) is -0.591. The fraction of sp³-hybridized carbons (Fsp3) is 1.00. The summed E-state index contributed by atoms with van der Waals surface area (Å²) in [6.07, 6.45) is 0.216. The van der Waals surface area contributed by atoms with E-state index >= 15 is 0 Å². The van der Waals surface area contributed by atoms with Gasteiger partial charge in [-0.05, 0) is 0 Å². The van der Waals surface area contributed by atoms with Crippen LogP contribution in [-0.2, 0) is 0 Å². The van der Waals surface area contributed by atoms with Crippen LogP contribution in [0.3, 0.4) is 0 Å². The molecule has 0 saturated heterocycles. The minimum atomic E-state index is -0.591. The highest BCUT2D eigenvalue weighted by molar-refractivity contribution is 4.78. The topological polar surface area (TPSA) is 60.7 Å². The Hall–Kier alpha value is -0.200. The number of hydrogen-bond acceptors (Lipinski definition) is 3. The number of quaternary nitrogens is 2. The zero-order chi connectivity index (χ0) is 14.6. The predicted molar refractivity (Wildman–Crippen MR) is 73.1 cm³/mol. The molecule has 0 heterocycles. The lowest BCUT2D eigenvalue weighted by Crippen LogP contribution is -2.66. The lowest BCUT2D eigenvalue weighted by molar-refractivity contribution is -0.951. The fourth-order valence-corrected chi connectivity index (χ4v) is 2.49. The van der Waals surface area contributed by atoms with Gasteiger partial charge in [0.25, 0.3) is 0 Å². The smallest absolute Gasteiger partial charge is 0.152 e. The quantitative estimate of drug-likeness (QED) is 0.506. The number of aliphatic hydroxyl groups excluding tert-OH is 3. The first kappa shape index (κ1) is 17.8. The second-order valence-corrected chi connectivity index (χ2v) is 6.89. The first-order valence-electron chi connectivity index (χ1n) is 6.57. The summed E-state index contributed by atoms with van der Waals surface area (Å²) in [7, 11) is 10.0. The third-order valence-electron chi connectivity index (χ3n) is 3.96. The lowest BCUT2D eigenvalue weighted by atomic mass is 9.93. The van der Waals surface area contributed by atoms with Crippen LogP contribution in [0.2, 0.25) is 0 Å². The molecule has 0 aromatic rings. The summed E-state index contributed by atoms with van der Waals surface area (Å²) >= 11 is 0. The Morgan fingerprint density at radius 1 is 0.944 bits per heavy atom. The van der Waals surface area contributed by atoms with Gasteiger partial charge in [0.05, 0.1) is 35.2 Å². The van der Waals surface area contributed by atoms with Crippen molar-refractivity contribution in [1.82, 2.24) is 0 Å². The van der Waals surface area contributed by atoms with Crippen LogP contribution in [0, 0.1) is 0 Å². The molecule has 0 fully saturated rings. The lowest BCUT2D eigenvalue weighted by Gasteiger charge is -2.47. The SMILES string of the molecule is CCC(CO)(CO)[N+](C)(C)CC(O)C[N+](C)(C)C. The van der Waals surface area contributed by atoms with E-state index in [2.05, 4.69) is 0 Å². The van der Waals surface area contributed by atoms with E-state index in [1.165, 1.54) is 0 Å². The largest absolute Gasteiger partial charge is 0.390 e. The van der Waals surface area contributed by atoms with E-state index in [0.29, 0.717) is 28.5 Å². The van der Waals surface area contributed by atoms with Crippen molar-refractivity contribution in [3.63, 3.8) is 0 Å². The molecule has 1 atom stereocenters. The zero-order valence-corrected chi connectivity index (χ0v) is 12.8. The van der Waals surface area contributed by atoms with Crippen LogP contribution >= 0.6 is 0 Å². The molecule has 0 aliphatic heterocycles. The molecule has 0 aromatic heterocycles. The van der Waals surface area contributed by atoms with Crippen molar-refractivity contribution in [2.75, 3.05) is 61.5 Å². The molecule has 18 heavy (non-hydrogen) atoms. The van der Waals surface area contributed by atoms with Crippen molar-refractivity contribution >= 4 is 0 Å². The van der Waals surface area contributed by atoms with Crippen LogP contribution in [0.1, 0.15) is 13.3 Å². The van der Waals surface area contributed by atoms with Crippen LogP contribution in [0.4, 0.5) is 0 Å². The van der Waals surface area contributed by atoms with E-state index in [-0.39, 0.29) is 13.2 Å². The first-order chi connectivity index (χ1) is 8.03. The minimum Gasteiger partial charge on any atom is -0.390 e. The van der Waals surface area contributed by atoms with Crippen molar-refractivity contribution in [2.24, 2.45) is 0 Å². The van der Waals surface area contributed by atoms with E-state index in [0.717, 1.165) is 0 Å². The Labute approximate surface area is 111 Å². The van der Waals surface area contributed by atoms with Crippen molar-refractivity contribution in [3.8, 4) is 0 Å². The van der Waals surface area contributed by atoms with Gasteiger partial charge in [-0.2, -0.15) is 0 Å². The maximum absolute atomic E-state index is 10.2. The van der Waals surface area contributed by atoms with Crippen LogP contribution in [-0.4, -0.2) is 97.5 Å². The number of hydrogen-bond donors (Lipinski definition) is 3. The molecule has 0 aliphatic carbocycles. The number of aliphatic hydroxyl groups is 3. The monoisotopic (exact) mass is 264 g/mol. The number of likely N-dealkylation sites (N-methyl/N-ethyl adjacent to an activating group) is 2. The normalized spacial score (nSPS) is 15.8. The Kier molecular flexibility index (Phi) is 6.23. The molecule has 0 radical (unpaired) electrons. The minimum absolute atomic E-state index is 0.0793. The van der Waals surface area contributed by atoms with Crippen molar-refractivity contribution in [2.45, 2.75) is 25.0 Å². The second kappa shape index (κ2) is 6.30. The Morgan fingerprint density at radius 2 is 1.39 bits per heavy atom.